The highest BCUT2D eigenvalue weighted by atomic mass is 79.9. The zero-order valence-corrected chi connectivity index (χ0v) is 16.7. The van der Waals surface area contributed by atoms with Crippen molar-refractivity contribution in [2.75, 3.05) is 13.4 Å². The highest BCUT2D eigenvalue weighted by Crippen LogP contribution is 2.34. The number of oxime groups is 1. The van der Waals surface area contributed by atoms with Gasteiger partial charge >= 0.3 is 5.97 Å². The van der Waals surface area contributed by atoms with Gasteiger partial charge in [-0.1, -0.05) is 5.16 Å². The first-order valence-corrected chi connectivity index (χ1v) is 9.36. The Kier molecular flexibility index (Phi) is 6.64. The SMILES string of the molecule is COc1c(Br)cc(C(N)=NOC(=O)c2cccnc2SC)cc1Br. The summed E-state index contributed by atoms with van der Waals surface area (Å²) < 4.78 is 6.60. The van der Waals surface area contributed by atoms with E-state index in [0.717, 1.165) is 0 Å². The molecule has 24 heavy (non-hydrogen) atoms. The van der Waals surface area contributed by atoms with Crippen LogP contribution in [-0.4, -0.2) is 30.2 Å². The molecule has 1 aromatic heterocycles. The van der Waals surface area contributed by atoms with Crippen LogP contribution >= 0.6 is 43.6 Å². The maximum Gasteiger partial charge on any atom is 0.368 e. The molecule has 0 spiro atoms. The van der Waals surface area contributed by atoms with Crippen LogP contribution in [0.15, 0.2) is 49.6 Å². The summed E-state index contributed by atoms with van der Waals surface area (Å²) in [4.78, 5) is 21.2. The van der Waals surface area contributed by atoms with Crippen LogP contribution in [0.3, 0.4) is 0 Å². The van der Waals surface area contributed by atoms with E-state index in [0.29, 0.717) is 30.8 Å². The predicted octanol–water partition coefficient (Wildman–Crippen LogP) is 3.81. The molecule has 0 radical (unpaired) electrons. The van der Waals surface area contributed by atoms with Gasteiger partial charge in [0.25, 0.3) is 0 Å². The number of nitrogens with two attached hydrogens (primary N) is 1. The number of halogens is 2. The molecule has 0 unspecified atom stereocenters. The Morgan fingerprint density at radius 3 is 2.58 bits per heavy atom. The second kappa shape index (κ2) is 8.50. The van der Waals surface area contributed by atoms with E-state index >= 15 is 0 Å². The summed E-state index contributed by atoms with van der Waals surface area (Å²) in [6, 6.07) is 6.70. The van der Waals surface area contributed by atoms with Crippen LogP contribution in [0.2, 0.25) is 0 Å². The van der Waals surface area contributed by atoms with E-state index in [1.54, 1.807) is 37.6 Å². The average Bonchev–Trinajstić information content (AvgIpc) is 2.58. The summed E-state index contributed by atoms with van der Waals surface area (Å²) in [6.07, 6.45) is 3.43. The molecule has 0 aliphatic heterocycles. The fourth-order valence-electron chi connectivity index (χ4n) is 1.80. The van der Waals surface area contributed by atoms with Gasteiger partial charge in [-0.15, -0.1) is 11.8 Å². The van der Waals surface area contributed by atoms with Gasteiger partial charge in [0, 0.05) is 11.8 Å². The number of methoxy groups -OCH3 is 1. The molecule has 1 heterocycles. The molecule has 2 aromatic rings. The van der Waals surface area contributed by atoms with E-state index in [1.165, 1.54) is 11.8 Å². The lowest BCUT2D eigenvalue weighted by Crippen LogP contribution is -2.16. The number of benzene rings is 1. The number of hydrogen-bond donors (Lipinski definition) is 1. The highest BCUT2D eigenvalue weighted by molar-refractivity contribution is 9.11. The lowest BCUT2D eigenvalue weighted by Gasteiger charge is -2.09. The Morgan fingerprint density at radius 1 is 1.33 bits per heavy atom. The maximum absolute atomic E-state index is 12.1. The molecule has 6 nitrogen and oxygen atoms in total. The third-order valence-electron chi connectivity index (χ3n) is 2.91. The summed E-state index contributed by atoms with van der Waals surface area (Å²) in [6.45, 7) is 0. The molecule has 2 rings (SSSR count). The second-order valence-corrected chi connectivity index (χ2v) is 6.89. The van der Waals surface area contributed by atoms with Crippen molar-refractivity contribution in [3.8, 4) is 5.75 Å². The van der Waals surface area contributed by atoms with E-state index in [1.807, 2.05) is 6.26 Å². The Morgan fingerprint density at radius 2 is 2.00 bits per heavy atom. The number of carbonyl (C=O) groups is 1. The third kappa shape index (κ3) is 4.28. The molecule has 9 heteroatoms. The maximum atomic E-state index is 12.1. The molecule has 2 N–H and O–H groups in total. The van der Waals surface area contributed by atoms with Crippen molar-refractivity contribution in [3.05, 3.63) is 50.5 Å². The monoisotopic (exact) mass is 473 g/mol. The number of thioether (sulfide) groups is 1. The molecule has 0 bridgehead atoms. The van der Waals surface area contributed by atoms with Crippen molar-refractivity contribution < 1.29 is 14.4 Å². The first-order valence-electron chi connectivity index (χ1n) is 6.55. The summed E-state index contributed by atoms with van der Waals surface area (Å²) >= 11 is 8.10. The molecular formula is C15H13Br2N3O3S. The number of nitrogens with zero attached hydrogens (tertiary/aromatic N) is 2. The number of ether oxygens (including phenoxy) is 1. The number of hydrogen-bond acceptors (Lipinski definition) is 6. The number of aromatic nitrogens is 1. The van der Waals surface area contributed by atoms with Gasteiger partial charge in [-0.05, 0) is 62.4 Å². The van der Waals surface area contributed by atoms with Crippen LogP contribution in [0.1, 0.15) is 15.9 Å². The average molecular weight is 475 g/mol. The third-order valence-corrected chi connectivity index (χ3v) is 4.80. The molecule has 0 atom stereocenters. The first-order chi connectivity index (χ1) is 11.5. The van der Waals surface area contributed by atoms with E-state index in [2.05, 4.69) is 42.0 Å². The van der Waals surface area contributed by atoms with Crippen LogP contribution in [-0.2, 0) is 4.84 Å². The minimum atomic E-state index is -0.623. The standard InChI is InChI=1S/C15H13Br2N3O3S/c1-22-12-10(16)6-8(7-11(12)17)13(18)20-23-15(21)9-4-3-5-19-14(9)24-2/h3-7H,1-2H3,(H2,18,20). The lowest BCUT2D eigenvalue weighted by molar-refractivity contribution is 0.0511. The molecule has 0 saturated carbocycles. The van der Waals surface area contributed by atoms with Crippen molar-refractivity contribution in [3.63, 3.8) is 0 Å². The summed E-state index contributed by atoms with van der Waals surface area (Å²) in [5.74, 6) is 0.0626. The van der Waals surface area contributed by atoms with Crippen LogP contribution in [0.5, 0.6) is 5.75 Å². The van der Waals surface area contributed by atoms with Gasteiger partial charge in [0.15, 0.2) is 5.84 Å². The second-order valence-electron chi connectivity index (χ2n) is 4.39. The Labute approximate surface area is 160 Å². The van der Waals surface area contributed by atoms with E-state index < -0.39 is 5.97 Å². The summed E-state index contributed by atoms with van der Waals surface area (Å²) in [7, 11) is 1.56. The van der Waals surface area contributed by atoms with Crippen LogP contribution in [0, 0.1) is 0 Å². The molecule has 0 aliphatic rings. The van der Waals surface area contributed by atoms with Gasteiger partial charge in [0.05, 0.1) is 21.6 Å². The molecule has 0 saturated heterocycles. The van der Waals surface area contributed by atoms with Gasteiger partial charge in [-0.3, -0.25) is 0 Å². The zero-order valence-electron chi connectivity index (χ0n) is 12.7. The minimum Gasteiger partial charge on any atom is -0.494 e. The molecule has 0 aliphatic carbocycles. The quantitative estimate of drug-likeness (QED) is 0.233. The summed E-state index contributed by atoms with van der Waals surface area (Å²) in [5, 5.41) is 4.27. The van der Waals surface area contributed by atoms with Gasteiger partial charge in [0.1, 0.15) is 10.8 Å². The fourth-order valence-corrected chi connectivity index (χ4v) is 3.85. The molecule has 0 fully saturated rings. The van der Waals surface area contributed by atoms with Crippen LogP contribution in [0.4, 0.5) is 0 Å². The van der Waals surface area contributed by atoms with Gasteiger partial charge in [-0.25, -0.2) is 9.78 Å². The normalized spacial score (nSPS) is 11.2. The predicted molar refractivity (Wildman–Crippen MR) is 101 cm³/mol. The lowest BCUT2D eigenvalue weighted by atomic mass is 10.2. The topological polar surface area (TPSA) is 86.8 Å². The first kappa shape index (κ1) is 18.8. The molecular weight excluding hydrogens is 462 g/mol. The molecule has 0 amide bonds. The Hall–Kier alpha value is -1.58. The van der Waals surface area contributed by atoms with E-state index in [9.17, 15) is 4.79 Å². The van der Waals surface area contributed by atoms with Gasteiger partial charge in [-0.2, -0.15) is 0 Å². The van der Waals surface area contributed by atoms with Crippen molar-refractivity contribution in [1.82, 2.24) is 4.98 Å². The highest BCUT2D eigenvalue weighted by Gasteiger charge is 2.15. The van der Waals surface area contributed by atoms with Crippen molar-refractivity contribution in [1.29, 1.82) is 0 Å². The van der Waals surface area contributed by atoms with E-state index in [4.69, 9.17) is 15.3 Å². The number of rotatable bonds is 5. The largest absolute Gasteiger partial charge is 0.494 e. The van der Waals surface area contributed by atoms with Gasteiger partial charge in [0.2, 0.25) is 0 Å². The van der Waals surface area contributed by atoms with E-state index in [-0.39, 0.29) is 5.84 Å². The van der Waals surface area contributed by atoms with Crippen molar-refractivity contribution in [2.24, 2.45) is 10.9 Å². The Balaban J connectivity index is 2.21. The zero-order chi connectivity index (χ0) is 17.7. The number of amidine groups is 1. The molecule has 126 valence electrons. The Bertz CT molecular complexity index is 776. The molecule has 1 aromatic carbocycles. The van der Waals surface area contributed by atoms with Crippen LogP contribution in [0.25, 0.3) is 0 Å². The van der Waals surface area contributed by atoms with Crippen molar-refractivity contribution in [2.45, 2.75) is 5.03 Å². The number of pyridine rings is 1. The minimum absolute atomic E-state index is 0.0574. The van der Waals surface area contributed by atoms with Crippen LogP contribution < -0.4 is 10.5 Å². The fraction of sp³-hybridized carbons (Fsp3) is 0.133. The smallest absolute Gasteiger partial charge is 0.368 e. The number of carbonyl (C=O) groups excluding carboxylic acids is 1. The summed E-state index contributed by atoms with van der Waals surface area (Å²) in [5.41, 5.74) is 6.79. The van der Waals surface area contributed by atoms with Crippen molar-refractivity contribution >= 4 is 55.4 Å². The van der Waals surface area contributed by atoms with Gasteiger partial charge < -0.3 is 15.3 Å².